The second-order valence-corrected chi connectivity index (χ2v) is 6.69. The zero-order chi connectivity index (χ0) is 16.1. The van der Waals surface area contributed by atoms with Gasteiger partial charge in [0.25, 0.3) is 0 Å². The van der Waals surface area contributed by atoms with Crippen LogP contribution < -0.4 is 16.0 Å². The molecule has 23 heavy (non-hydrogen) atoms. The molecular formula is C17H28N6. The fourth-order valence-electron chi connectivity index (χ4n) is 2.95. The lowest BCUT2D eigenvalue weighted by molar-refractivity contribution is 0.312. The number of hydrogen-bond acceptors (Lipinski definition) is 4. The third-order valence-electron chi connectivity index (χ3n) is 4.87. The number of nitrogens with zero attached hydrogens (tertiary/aromatic N) is 4. The van der Waals surface area contributed by atoms with Gasteiger partial charge in [-0.3, -0.25) is 0 Å². The average Bonchev–Trinajstić information content (AvgIpc) is 2.52. The minimum atomic E-state index is 0.551. The molecule has 1 aromatic heterocycles. The van der Waals surface area contributed by atoms with E-state index < -0.39 is 0 Å². The van der Waals surface area contributed by atoms with Crippen LogP contribution in [0.2, 0.25) is 0 Å². The molecule has 0 bridgehead atoms. The summed E-state index contributed by atoms with van der Waals surface area (Å²) < 4.78 is 0. The van der Waals surface area contributed by atoms with Crippen molar-refractivity contribution in [2.45, 2.75) is 25.8 Å². The van der Waals surface area contributed by atoms with Crippen LogP contribution in [-0.2, 0) is 6.54 Å². The van der Waals surface area contributed by atoms with Crippen molar-refractivity contribution in [3.05, 3.63) is 23.9 Å². The van der Waals surface area contributed by atoms with Crippen LogP contribution >= 0.6 is 0 Å². The molecule has 0 aromatic carbocycles. The van der Waals surface area contributed by atoms with E-state index >= 15 is 0 Å². The molecule has 3 N–H and O–H groups in total. The van der Waals surface area contributed by atoms with E-state index in [1.165, 1.54) is 19.3 Å². The molecule has 2 aliphatic rings. The molecule has 0 atom stereocenters. The lowest BCUT2D eigenvalue weighted by atomic mass is 9.85. The average molecular weight is 316 g/mol. The normalized spacial score (nSPS) is 20.4. The third kappa shape index (κ3) is 4.58. The molecule has 0 spiro atoms. The summed E-state index contributed by atoms with van der Waals surface area (Å²) in [5.41, 5.74) is 7.11. The Hall–Kier alpha value is -1.82. The van der Waals surface area contributed by atoms with Gasteiger partial charge in [-0.1, -0.05) is 6.42 Å². The lowest BCUT2D eigenvalue weighted by Gasteiger charge is -2.33. The largest absolute Gasteiger partial charge is 0.370 e. The first-order valence-electron chi connectivity index (χ1n) is 8.63. The van der Waals surface area contributed by atoms with E-state index in [4.69, 9.17) is 5.73 Å². The van der Waals surface area contributed by atoms with Crippen molar-refractivity contribution in [3.63, 3.8) is 0 Å². The number of nitrogens with one attached hydrogen (secondary N) is 1. The molecule has 3 rings (SSSR count). The van der Waals surface area contributed by atoms with Gasteiger partial charge in [0, 0.05) is 38.9 Å². The van der Waals surface area contributed by atoms with E-state index in [0.29, 0.717) is 12.5 Å². The molecule has 1 saturated carbocycles. The first kappa shape index (κ1) is 16.1. The summed E-state index contributed by atoms with van der Waals surface area (Å²) >= 11 is 0. The molecule has 1 aliphatic carbocycles. The number of pyridine rings is 1. The fourth-order valence-corrected chi connectivity index (χ4v) is 2.95. The summed E-state index contributed by atoms with van der Waals surface area (Å²) in [5.74, 6) is 2.38. The Balaban J connectivity index is 1.52. The third-order valence-corrected chi connectivity index (χ3v) is 4.87. The van der Waals surface area contributed by atoms with Gasteiger partial charge in [-0.2, -0.15) is 0 Å². The molecule has 6 heteroatoms. The highest BCUT2D eigenvalue weighted by molar-refractivity contribution is 5.77. The van der Waals surface area contributed by atoms with Gasteiger partial charge in [-0.05, 0) is 43.5 Å². The van der Waals surface area contributed by atoms with Gasteiger partial charge in [-0.15, -0.1) is 0 Å². The van der Waals surface area contributed by atoms with Crippen LogP contribution in [-0.4, -0.2) is 55.6 Å². The topological polar surface area (TPSA) is 69.8 Å². The SMILES string of the molecule is CN1CCN(c2cc(CN=C(N)NCC3CCC3)ccn2)CC1. The van der Waals surface area contributed by atoms with Gasteiger partial charge in [0.05, 0.1) is 6.54 Å². The van der Waals surface area contributed by atoms with Gasteiger partial charge >= 0.3 is 0 Å². The number of piperazine rings is 1. The van der Waals surface area contributed by atoms with Crippen LogP contribution in [0.15, 0.2) is 23.3 Å². The highest BCUT2D eigenvalue weighted by atomic mass is 15.3. The number of anilines is 1. The number of hydrogen-bond donors (Lipinski definition) is 2. The minimum Gasteiger partial charge on any atom is -0.370 e. The van der Waals surface area contributed by atoms with Gasteiger partial charge < -0.3 is 20.9 Å². The van der Waals surface area contributed by atoms with Crippen molar-refractivity contribution in [1.29, 1.82) is 0 Å². The van der Waals surface area contributed by atoms with Crippen molar-refractivity contribution in [3.8, 4) is 0 Å². The summed E-state index contributed by atoms with van der Waals surface area (Å²) in [6.07, 6.45) is 5.87. The smallest absolute Gasteiger partial charge is 0.188 e. The quantitative estimate of drug-likeness (QED) is 0.627. The van der Waals surface area contributed by atoms with E-state index in [-0.39, 0.29) is 0 Å². The Morgan fingerprint density at radius 3 is 2.83 bits per heavy atom. The first-order chi connectivity index (χ1) is 11.2. The molecule has 126 valence electrons. The van der Waals surface area contributed by atoms with Gasteiger partial charge in [0.15, 0.2) is 5.96 Å². The maximum atomic E-state index is 5.95. The van der Waals surface area contributed by atoms with Crippen LogP contribution in [0.25, 0.3) is 0 Å². The van der Waals surface area contributed by atoms with E-state index in [2.05, 4.69) is 38.2 Å². The molecule has 2 heterocycles. The second-order valence-electron chi connectivity index (χ2n) is 6.69. The number of nitrogens with two attached hydrogens (primary N) is 1. The highest BCUT2D eigenvalue weighted by Crippen LogP contribution is 2.25. The van der Waals surface area contributed by atoms with Crippen LogP contribution in [0, 0.1) is 5.92 Å². The van der Waals surface area contributed by atoms with Crippen molar-refractivity contribution in [2.75, 3.05) is 44.7 Å². The van der Waals surface area contributed by atoms with Crippen molar-refractivity contribution < 1.29 is 0 Å². The first-order valence-corrected chi connectivity index (χ1v) is 8.63. The minimum absolute atomic E-state index is 0.551. The number of rotatable bonds is 5. The summed E-state index contributed by atoms with van der Waals surface area (Å²) in [7, 11) is 2.16. The molecule has 0 radical (unpaired) electrons. The number of aromatic nitrogens is 1. The second kappa shape index (κ2) is 7.64. The molecule has 1 aromatic rings. The summed E-state index contributed by atoms with van der Waals surface area (Å²) in [5, 5.41) is 3.23. The van der Waals surface area contributed by atoms with Crippen LogP contribution in [0.1, 0.15) is 24.8 Å². The van der Waals surface area contributed by atoms with Gasteiger partial charge in [0.2, 0.25) is 0 Å². The predicted octanol–water partition coefficient (Wildman–Crippen LogP) is 1.04. The summed E-state index contributed by atoms with van der Waals surface area (Å²) in [6.45, 7) is 5.79. The maximum absolute atomic E-state index is 5.95. The van der Waals surface area contributed by atoms with E-state index in [0.717, 1.165) is 50.0 Å². The number of aliphatic imine (C=N–C) groups is 1. The Morgan fingerprint density at radius 2 is 2.13 bits per heavy atom. The Kier molecular flexibility index (Phi) is 5.33. The van der Waals surface area contributed by atoms with E-state index in [9.17, 15) is 0 Å². The molecule has 0 amide bonds. The lowest BCUT2D eigenvalue weighted by Crippen LogP contribution is -2.44. The van der Waals surface area contributed by atoms with Crippen LogP contribution in [0.3, 0.4) is 0 Å². The van der Waals surface area contributed by atoms with Crippen molar-refractivity contribution in [2.24, 2.45) is 16.6 Å². The fraction of sp³-hybridized carbons (Fsp3) is 0.647. The molecule has 1 saturated heterocycles. The molecular weight excluding hydrogens is 288 g/mol. The monoisotopic (exact) mass is 316 g/mol. The standard InChI is InChI=1S/C17H28N6/c1-22-7-9-23(10-8-22)16-11-15(5-6-19-16)13-21-17(18)20-12-14-3-2-4-14/h5-6,11,14H,2-4,7-10,12-13H2,1H3,(H3,18,20,21). The molecule has 0 unspecified atom stereocenters. The Morgan fingerprint density at radius 1 is 1.35 bits per heavy atom. The predicted molar refractivity (Wildman–Crippen MR) is 94.6 cm³/mol. The van der Waals surface area contributed by atoms with Crippen molar-refractivity contribution >= 4 is 11.8 Å². The number of guanidine groups is 1. The zero-order valence-electron chi connectivity index (χ0n) is 14.0. The van der Waals surface area contributed by atoms with Crippen LogP contribution in [0.4, 0.5) is 5.82 Å². The van der Waals surface area contributed by atoms with E-state index in [1.807, 2.05) is 12.3 Å². The summed E-state index contributed by atoms with van der Waals surface area (Å²) in [6, 6.07) is 4.15. The van der Waals surface area contributed by atoms with Gasteiger partial charge in [-0.25, -0.2) is 9.98 Å². The Labute approximate surface area is 138 Å². The van der Waals surface area contributed by atoms with Crippen LogP contribution in [0.5, 0.6) is 0 Å². The maximum Gasteiger partial charge on any atom is 0.188 e. The van der Waals surface area contributed by atoms with Crippen molar-refractivity contribution in [1.82, 2.24) is 15.2 Å². The van der Waals surface area contributed by atoms with E-state index in [1.54, 1.807) is 0 Å². The summed E-state index contributed by atoms with van der Waals surface area (Å²) in [4.78, 5) is 13.6. The molecule has 6 nitrogen and oxygen atoms in total. The number of likely N-dealkylation sites (N-methyl/N-ethyl adjacent to an activating group) is 1. The van der Waals surface area contributed by atoms with Gasteiger partial charge in [0.1, 0.15) is 5.82 Å². The Bertz CT molecular complexity index is 532. The zero-order valence-corrected chi connectivity index (χ0v) is 14.0. The highest BCUT2D eigenvalue weighted by Gasteiger charge is 2.17. The molecule has 2 fully saturated rings. The molecule has 1 aliphatic heterocycles.